The molecule has 0 aliphatic carbocycles. The Kier molecular flexibility index (Phi) is 6.87. The number of benzene rings is 1. The highest BCUT2D eigenvalue weighted by Gasteiger charge is 2.14. The second-order valence-corrected chi connectivity index (χ2v) is 7.44. The molecular weight excluding hydrogens is 402 g/mol. The summed E-state index contributed by atoms with van der Waals surface area (Å²) in [6, 6.07) is 7.16. The third-order valence-corrected chi connectivity index (χ3v) is 4.57. The summed E-state index contributed by atoms with van der Waals surface area (Å²) in [5.74, 6) is 0.392. The minimum absolute atomic E-state index is 0.187. The van der Waals surface area contributed by atoms with E-state index in [-0.39, 0.29) is 11.7 Å². The molecule has 1 aromatic carbocycles. The molecule has 0 radical (unpaired) electrons. The second kappa shape index (κ2) is 9.56. The number of nitrogens with one attached hydrogen (secondary N) is 2. The number of aryl methyl sites for hydroxylation is 1. The van der Waals surface area contributed by atoms with Gasteiger partial charge in [-0.15, -0.1) is 0 Å². The molecule has 0 aliphatic rings. The molecule has 0 aliphatic heterocycles. The number of rotatable bonds is 8. The van der Waals surface area contributed by atoms with Crippen LogP contribution in [0.1, 0.15) is 5.56 Å². The average Bonchev–Trinajstić information content (AvgIpc) is 3.11. The molecule has 0 unspecified atom stereocenters. The van der Waals surface area contributed by atoms with Gasteiger partial charge in [-0.05, 0) is 56.9 Å². The Bertz CT molecular complexity index is 1100. The van der Waals surface area contributed by atoms with Crippen molar-refractivity contribution in [2.75, 3.05) is 32.6 Å². The SMILES string of the molecule is C=C/C=C(\OCCN(C)C)C(=O)Nc1ccc(Cl)c(-c2nc3ncc(C)cc3[nH]2)c1. The molecule has 0 bridgehead atoms. The molecular formula is C22H24ClN5O2. The number of halogens is 1. The topological polar surface area (TPSA) is 83.1 Å². The lowest BCUT2D eigenvalue weighted by atomic mass is 10.2. The minimum Gasteiger partial charge on any atom is -0.487 e. The number of aromatic amines is 1. The number of aromatic nitrogens is 3. The van der Waals surface area contributed by atoms with E-state index in [1.165, 1.54) is 12.2 Å². The number of amides is 1. The van der Waals surface area contributed by atoms with E-state index >= 15 is 0 Å². The van der Waals surface area contributed by atoms with Crippen molar-refractivity contribution >= 4 is 34.4 Å². The highest BCUT2D eigenvalue weighted by molar-refractivity contribution is 6.33. The Hall–Kier alpha value is -3.16. The molecule has 3 aromatic rings. The van der Waals surface area contributed by atoms with Crippen LogP contribution in [-0.2, 0) is 9.53 Å². The molecule has 0 spiro atoms. The molecule has 0 saturated heterocycles. The van der Waals surface area contributed by atoms with E-state index in [1.807, 2.05) is 32.0 Å². The Balaban J connectivity index is 1.82. The number of allylic oxidation sites excluding steroid dienone is 2. The van der Waals surface area contributed by atoms with Gasteiger partial charge in [-0.2, -0.15) is 0 Å². The number of carbonyl (C=O) groups excluding carboxylic acids is 1. The number of pyridine rings is 1. The van der Waals surface area contributed by atoms with Crippen molar-refractivity contribution in [3.05, 3.63) is 65.5 Å². The van der Waals surface area contributed by atoms with Gasteiger partial charge in [-0.25, -0.2) is 9.97 Å². The zero-order valence-electron chi connectivity index (χ0n) is 17.2. The van der Waals surface area contributed by atoms with E-state index in [9.17, 15) is 4.79 Å². The quantitative estimate of drug-likeness (QED) is 0.321. The molecule has 0 fully saturated rings. The molecule has 156 valence electrons. The first-order valence-electron chi connectivity index (χ1n) is 9.41. The van der Waals surface area contributed by atoms with Crippen molar-refractivity contribution in [2.24, 2.45) is 0 Å². The smallest absolute Gasteiger partial charge is 0.290 e. The fourth-order valence-corrected chi connectivity index (χ4v) is 2.95. The number of hydrogen-bond donors (Lipinski definition) is 2. The van der Waals surface area contributed by atoms with Crippen LogP contribution in [0.2, 0.25) is 5.02 Å². The Morgan fingerprint density at radius 3 is 2.90 bits per heavy atom. The van der Waals surface area contributed by atoms with Gasteiger partial charge in [-0.1, -0.05) is 24.3 Å². The maximum atomic E-state index is 12.7. The van der Waals surface area contributed by atoms with Crippen LogP contribution < -0.4 is 5.32 Å². The molecule has 2 heterocycles. The van der Waals surface area contributed by atoms with Crippen LogP contribution in [0, 0.1) is 6.92 Å². The largest absolute Gasteiger partial charge is 0.487 e. The molecule has 2 aromatic heterocycles. The third-order valence-electron chi connectivity index (χ3n) is 4.24. The number of H-pyrrole nitrogens is 1. The third kappa shape index (κ3) is 5.25. The number of hydrogen-bond acceptors (Lipinski definition) is 5. The highest BCUT2D eigenvalue weighted by Crippen LogP contribution is 2.30. The molecule has 2 N–H and O–H groups in total. The van der Waals surface area contributed by atoms with Crippen molar-refractivity contribution < 1.29 is 9.53 Å². The van der Waals surface area contributed by atoms with Crippen LogP contribution >= 0.6 is 11.6 Å². The first kappa shape index (κ1) is 21.5. The predicted molar refractivity (Wildman–Crippen MR) is 120 cm³/mol. The summed E-state index contributed by atoms with van der Waals surface area (Å²) in [7, 11) is 3.87. The normalized spacial score (nSPS) is 11.7. The lowest BCUT2D eigenvalue weighted by Crippen LogP contribution is -2.22. The molecule has 8 heteroatoms. The minimum atomic E-state index is -0.371. The fourth-order valence-electron chi connectivity index (χ4n) is 2.74. The van der Waals surface area contributed by atoms with Crippen molar-refractivity contribution in [3.8, 4) is 11.4 Å². The maximum absolute atomic E-state index is 12.7. The number of likely N-dealkylation sites (N-methyl/N-ethyl adjacent to an activating group) is 1. The Labute approximate surface area is 180 Å². The van der Waals surface area contributed by atoms with Crippen molar-refractivity contribution in [1.29, 1.82) is 0 Å². The Morgan fingerprint density at radius 2 is 2.17 bits per heavy atom. The predicted octanol–water partition coefficient (Wildman–Crippen LogP) is 4.17. The van der Waals surface area contributed by atoms with Gasteiger partial charge in [0.05, 0.1) is 10.5 Å². The van der Waals surface area contributed by atoms with Gasteiger partial charge in [0.15, 0.2) is 11.4 Å². The standard InChI is InChI=1S/C22H24ClN5O2/c1-5-6-19(30-10-9-28(3)4)22(29)25-15-7-8-17(23)16(12-15)20-26-18-11-14(2)13-24-21(18)27-20/h5-8,11-13H,1,9-10H2,2-4H3,(H,25,29)(H,24,26,27)/b19-6-. The zero-order chi connectivity index (χ0) is 21.7. The first-order chi connectivity index (χ1) is 14.4. The van der Waals surface area contributed by atoms with E-state index in [4.69, 9.17) is 16.3 Å². The summed E-state index contributed by atoms with van der Waals surface area (Å²) in [5.41, 5.74) is 3.68. The van der Waals surface area contributed by atoms with Gasteiger partial charge in [0.2, 0.25) is 0 Å². The first-order valence-corrected chi connectivity index (χ1v) is 9.79. The van der Waals surface area contributed by atoms with Crippen LogP contribution in [0.4, 0.5) is 5.69 Å². The maximum Gasteiger partial charge on any atom is 0.290 e. The average molecular weight is 426 g/mol. The van der Waals surface area contributed by atoms with Crippen LogP contribution in [0.15, 0.2) is 55.0 Å². The second-order valence-electron chi connectivity index (χ2n) is 7.04. The summed E-state index contributed by atoms with van der Waals surface area (Å²) in [6.45, 7) is 6.68. The number of ether oxygens (including phenoxy) is 1. The monoisotopic (exact) mass is 425 g/mol. The van der Waals surface area contributed by atoms with Crippen molar-refractivity contribution in [2.45, 2.75) is 6.92 Å². The number of carbonyl (C=O) groups is 1. The lowest BCUT2D eigenvalue weighted by molar-refractivity contribution is -0.116. The number of imidazole rings is 1. The summed E-state index contributed by atoms with van der Waals surface area (Å²) < 4.78 is 5.60. The van der Waals surface area contributed by atoms with E-state index in [0.717, 1.165) is 11.1 Å². The zero-order valence-corrected chi connectivity index (χ0v) is 18.0. The van der Waals surface area contributed by atoms with Crippen molar-refractivity contribution in [3.63, 3.8) is 0 Å². The molecule has 7 nitrogen and oxygen atoms in total. The summed E-state index contributed by atoms with van der Waals surface area (Å²) in [5, 5.41) is 3.34. The molecule has 30 heavy (non-hydrogen) atoms. The van der Waals surface area contributed by atoms with Crippen molar-refractivity contribution in [1.82, 2.24) is 19.9 Å². The summed E-state index contributed by atoms with van der Waals surface area (Å²) in [4.78, 5) is 26.7. The number of anilines is 1. The van der Waals surface area contributed by atoms with Crippen LogP contribution in [0.3, 0.4) is 0 Å². The molecule has 0 atom stereocenters. The van der Waals surface area contributed by atoms with E-state index in [1.54, 1.807) is 24.4 Å². The Morgan fingerprint density at radius 1 is 1.37 bits per heavy atom. The van der Waals surface area contributed by atoms with Gasteiger partial charge in [0.25, 0.3) is 5.91 Å². The fraction of sp³-hybridized carbons (Fsp3) is 0.227. The lowest BCUT2D eigenvalue weighted by Gasteiger charge is -2.14. The van der Waals surface area contributed by atoms with Gasteiger partial charge < -0.3 is 19.9 Å². The summed E-state index contributed by atoms with van der Waals surface area (Å²) >= 11 is 6.39. The molecule has 3 rings (SSSR count). The van der Waals surface area contributed by atoms with Gasteiger partial charge in [-0.3, -0.25) is 4.79 Å². The van der Waals surface area contributed by atoms with E-state index in [2.05, 4.69) is 26.8 Å². The number of nitrogens with zero attached hydrogens (tertiary/aromatic N) is 3. The summed E-state index contributed by atoms with van der Waals surface area (Å²) in [6.07, 6.45) is 4.81. The van der Waals surface area contributed by atoms with Crippen LogP contribution in [0.25, 0.3) is 22.6 Å². The van der Waals surface area contributed by atoms with E-state index in [0.29, 0.717) is 40.9 Å². The van der Waals surface area contributed by atoms with E-state index < -0.39 is 0 Å². The van der Waals surface area contributed by atoms with Crippen LogP contribution in [-0.4, -0.2) is 53.0 Å². The van der Waals surface area contributed by atoms with Gasteiger partial charge >= 0.3 is 0 Å². The molecule has 0 saturated carbocycles. The van der Waals surface area contributed by atoms with Crippen LogP contribution in [0.5, 0.6) is 0 Å². The molecule has 1 amide bonds. The highest BCUT2D eigenvalue weighted by atomic mass is 35.5. The van der Waals surface area contributed by atoms with Gasteiger partial charge in [0.1, 0.15) is 12.4 Å². The number of fused-ring (bicyclic) bond motifs is 1. The van der Waals surface area contributed by atoms with Gasteiger partial charge in [0, 0.05) is 24.0 Å².